The van der Waals surface area contributed by atoms with Crippen LogP contribution < -0.4 is 5.32 Å². The number of fused-ring (bicyclic) bond motifs is 6. The maximum Gasteiger partial charge on any atom is 0.253 e. The first kappa shape index (κ1) is 29.8. The summed E-state index contributed by atoms with van der Waals surface area (Å²) >= 11 is 6.33. The van der Waals surface area contributed by atoms with E-state index in [0.29, 0.717) is 44.8 Å². The number of anilines is 2. The molecule has 0 aliphatic carbocycles. The van der Waals surface area contributed by atoms with E-state index in [1.807, 2.05) is 36.2 Å². The Balaban J connectivity index is 0.00000343. The third-order valence-electron chi connectivity index (χ3n) is 8.79. The van der Waals surface area contributed by atoms with Gasteiger partial charge in [-0.15, -0.1) is 0 Å². The number of rotatable bonds is 5. The molecular weight excluding hydrogens is 582 g/mol. The molecule has 10 heteroatoms. The van der Waals surface area contributed by atoms with Gasteiger partial charge in [-0.25, -0.2) is 18.7 Å². The van der Waals surface area contributed by atoms with Crippen LogP contribution in [0.5, 0.6) is 0 Å². The summed E-state index contributed by atoms with van der Waals surface area (Å²) in [6.07, 6.45) is 3.96. The lowest BCUT2D eigenvalue weighted by Gasteiger charge is -2.48. The van der Waals surface area contributed by atoms with Crippen molar-refractivity contribution < 1.29 is 13.6 Å². The van der Waals surface area contributed by atoms with Gasteiger partial charge in [0.2, 0.25) is 5.95 Å². The number of hydrogen-bond acceptors (Lipinski definition) is 6. The maximum absolute atomic E-state index is 14.8. The number of piperidine rings is 3. The van der Waals surface area contributed by atoms with Crippen molar-refractivity contribution in [3.63, 3.8) is 0 Å². The van der Waals surface area contributed by atoms with Crippen LogP contribution in [0, 0.1) is 17.6 Å². The average molecular weight is 615 g/mol. The molecule has 2 bridgehead atoms. The van der Waals surface area contributed by atoms with E-state index in [4.69, 9.17) is 16.6 Å². The van der Waals surface area contributed by atoms with E-state index in [1.54, 1.807) is 24.4 Å². The number of aromatic nitrogens is 2. The predicted octanol–water partition coefficient (Wildman–Crippen LogP) is 6.97. The SMILES string of the molecule is C.CN(C(=O)c1ccc(Nc2ncc3c(n2)-c2ccc(Cl)cc2C(c2c(F)cccc2F)=NC3)cc1)C1CN2CCC1CC2. The van der Waals surface area contributed by atoms with Gasteiger partial charge < -0.3 is 15.1 Å². The molecule has 0 spiro atoms. The van der Waals surface area contributed by atoms with Gasteiger partial charge in [0.15, 0.2) is 0 Å². The molecule has 4 aliphatic rings. The van der Waals surface area contributed by atoms with Crippen molar-refractivity contribution in [2.75, 3.05) is 32.0 Å². The minimum Gasteiger partial charge on any atom is -0.337 e. The second-order valence-electron chi connectivity index (χ2n) is 11.3. The van der Waals surface area contributed by atoms with Crippen LogP contribution in [-0.4, -0.2) is 64.1 Å². The highest BCUT2D eigenvalue weighted by atomic mass is 35.5. The van der Waals surface area contributed by atoms with Crippen molar-refractivity contribution in [3.8, 4) is 11.3 Å². The minimum absolute atomic E-state index is 0. The van der Waals surface area contributed by atoms with Crippen LogP contribution >= 0.6 is 11.6 Å². The van der Waals surface area contributed by atoms with Crippen molar-refractivity contribution >= 4 is 34.9 Å². The first-order chi connectivity index (χ1) is 20.9. The molecular formula is C34H33ClF2N6O. The van der Waals surface area contributed by atoms with E-state index in [2.05, 4.69) is 20.2 Å². The Hall–Kier alpha value is -4.21. The van der Waals surface area contributed by atoms with Crippen LogP contribution in [0.4, 0.5) is 20.4 Å². The fraction of sp³-hybridized carbons (Fsp3) is 0.294. The van der Waals surface area contributed by atoms with Crippen LogP contribution in [-0.2, 0) is 6.54 Å². The third-order valence-corrected chi connectivity index (χ3v) is 9.03. The van der Waals surface area contributed by atoms with Crippen LogP contribution in [0.25, 0.3) is 11.3 Å². The number of hydrogen-bond donors (Lipinski definition) is 1. The topological polar surface area (TPSA) is 73.7 Å². The first-order valence-corrected chi connectivity index (χ1v) is 14.7. The predicted molar refractivity (Wildman–Crippen MR) is 170 cm³/mol. The molecule has 1 aromatic heterocycles. The summed E-state index contributed by atoms with van der Waals surface area (Å²) in [7, 11) is 1.91. The molecule has 8 rings (SSSR count). The quantitative estimate of drug-likeness (QED) is 0.263. The highest BCUT2D eigenvalue weighted by Gasteiger charge is 2.38. The Kier molecular flexibility index (Phi) is 8.18. The van der Waals surface area contributed by atoms with Gasteiger partial charge >= 0.3 is 0 Å². The highest BCUT2D eigenvalue weighted by molar-refractivity contribution is 6.31. The molecule has 7 nitrogen and oxygen atoms in total. The molecule has 1 atom stereocenters. The summed E-state index contributed by atoms with van der Waals surface area (Å²) in [5, 5.41) is 3.63. The smallest absolute Gasteiger partial charge is 0.253 e. The number of aliphatic imine (C=N–C) groups is 1. The third kappa shape index (κ3) is 5.46. The molecule has 5 heterocycles. The molecule has 1 N–H and O–H groups in total. The van der Waals surface area contributed by atoms with Gasteiger partial charge in [0, 0.05) is 58.8 Å². The summed E-state index contributed by atoms with van der Waals surface area (Å²) in [5.41, 5.74) is 3.72. The van der Waals surface area contributed by atoms with Crippen molar-refractivity contribution in [1.82, 2.24) is 19.8 Å². The summed E-state index contributed by atoms with van der Waals surface area (Å²) in [5.74, 6) is -0.492. The Bertz CT molecular complexity index is 1730. The van der Waals surface area contributed by atoms with Gasteiger partial charge in [0.05, 0.1) is 23.5 Å². The van der Waals surface area contributed by atoms with E-state index in [0.717, 1.165) is 38.2 Å². The van der Waals surface area contributed by atoms with E-state index in [1.165, 1.54) is 18.2 Å². The van der Waals surface area contributed by atoms with Gasteiger partial charge in [-0.3, -0.25) is 9.79 Å². The fourth-order valence-electron chi connectivity index (χ4n) is 6.47. The van der Waals surface area contributed by atoms with E-state index in [-0.39, 0.29) is 37.2 Å². The zero-order chi connectivity index (χ0) is 29.7. The average Bonchev–Trinajstić information content (AvgIpc) is 3.17. The number of halogens is 3. The van der Waals surface area contributed by atoms with Crippen LogP contribution in [0.15, 0.2) is 71.9 Å². The molecule has 1 unspecified atom stereocenters. The Labute approximate surface area is 260 Å². The Morgan fingerprint density at radius 1 is 1.02 bits per heavy atom. The number of likely N-dealkylation sites (N-methyl/N-ethyl adjacent to an activating group) is 1. The van der Waals surface area contributed by atoms with E-state index in [9.17, 15) is 13.6 Å². The molecule has 226 valence electrons. The molecule has 3 saturated heterocycles. The number of carbonyl (C=O) groups excluding carboxylic acids is 1. The molecule has 3 fully saturated rings. The highest BCUT2D eigenvalue weighted by Crippen LogP contribution is 2.35. The van der Waals surface area contributed by atoms with Crippen molar-refractivity contribution in [2.24, 2.45) is 10.9 Å². The standard InChI is InChI=1S/C33H29ClF2N6O.CH4/c1-41(28-18-42-13-11-19(28)12-14-42)32(43)20-5-8-23(9-6-20)39-33-38-17-21-16-37-31(29-26(35)3-2-4-27(29)36)25-15-22(34)7-10-24(25)30(21)40-33;/h2-10,15,17,19,28H,11-14,16,18H2,1H3,(H,38,39,40);1H4. The lowest BCUT2D eigenvalue weighted by atomic mass is 9.83. The number of nitrogens with one attached hydrogen (secondary N) is 1. The summed E-state index contributed by atoms with van der Waals surface area (Å²) < 4.78 is 29.7. The van der Waals surface area contributed by atoms with Crippen LogP contribution in [0.3, 0.4) is 0 Å². The summed E-state index contributed by atoms with van der Waals surface area (Å²) in [6, 6.07) is 16.4. The van der Waals surface area contributed by atoms with Crippen molar-refractivity contribution in [2.45, 2.75) is 32.9 Å². The minimum atomic E-state index is -0.707. The molecule has 3 aromatic carbocycles. The van der Waals surface area contributed by atoms with Crippen LogP contribution in [0.1, 0.15) is 47.3 Å². The number of nitrogens with zero attached hydrogens (tertiary/aromatic N) is 5. The Morgan fingerprint density at radius 2 is 1.75 bits per heavy atom. The second-order valence-corrected chi connectivity index (χ2v) is 11.8. The van der Waals surface area contributed by atoms with E-state index < -0.39 is 11.6 Å². The molecule has 4 aliphatic heterocycles. The lowest BCUT2D eigenvalue weighted by Crippen LogP contribution is -2.57. The van der Waals surface area contributed by atoms with Gasteiger partial charge in [-0.1, -0.05) is 31.2 Å². The molecule has 4 aromatic rings. The van der Waals surface area contributed by atoms with Crippen molar-refractivity contribution in [3.05, 3.63) is 106 Å². The van der Waals surface area contributed by atoms with Gasteiger partial charge in [-0.2, -0.15) is 0 Å². The van der Waals surface area contributed by atoms with Crippen LogP contribution in [0.2, 0.25) is 5.02 Å². The normalized spacial score (nSPS) is 20.0. The zero-order valence-electron chi connectivity index (χ0n) is 23.5. The zero-order valence-corrected chi connectivity index (χ0v) is 24.3. The molecule has 1 amide bonds. The molecule has 0 saturated carbocycles. The monoisotopic (exact) mass is 614 g/mol. The van der Waals surface area contributed by atoms with Gasteiger partial charge in [0.25, 0.3) is 5.91 Å². The van der Waals surface area contributed by atoms with Gasteiger partial charge in [0.1, 0.15) is 11.6 Å². The number of carbonyl (C=O) groups is 1. The number of benzene rings is 3. The van der Waals surface area contributed by atoms with Crippen molar-refractivity contribution in [1.29, 1.82) is 0 Å². The van der Waals surface area contributed by atoms with E-state index >= 15 is 0 Å². The summed E-state index contributed by atoms with van der Waals surface area (Å²) in [4.78, 5) is 31.5. The summed E-state index contributed by atoms with van der Waals surface area (Å²) in [6.45, 7) is 3.34. The lowest BCUT2D eigenvalue weighted by molar-refractivity contribution is 0.0162. The Morgan fingerprint density at radius 3 is 2.43 bits per heavy atom. The fourth-order valence-corrected chi connectivity index (χ4v) is 6.65. The van der Waals surface area contributed by atoms with Gasteiger partial charge in [-0.05, 0) is 80.4 Å². The first-order valence-electron chi connectivity index (χ1n) is 14.4. The number of amides is 1. The maximum atomic E-state index is 14.8. The molecule has 44 heavy (non-hydrogen) atoms. The largest absolute Gasteiger partial charge is 0.337 e. The molecule has 0 radical (unpaired) electrons. The second kappa shape index (κ2) is 12.1.